The Balaban J connectivity index is 2.32. The van der Waals surface area contributed by atoms with Gasteiger partial charge in [0, 0.05) is 10.8 Å². The van der Waals surface area contributed by atoms with Crippen LogP contribution in [0, 0.1) is 6.92 Å². The molecule has 1 aliphatic heterocycles. The Morgan fingerprint density at radius 3 is 2.06 bits per heavy atom. The summed E-state index contributed by atoms with van der Waals surface area (Å²) in [6.07, 6.45) is 0. The van der Waals surface area contributed by atoms with Crippen LogP contribution in [-0.2, 0) is 20.4 Å². The predicted octanol–water partition coefficient (Wildman–Crippen LogP) is 0.617. The minimum Gasteiger partial charge on any atom is -0.273 e. The maximum atomic E-state index is 11.6. The molecule has 0 aromatic heterocycles. The molecule has 0 aliphatic carbocycles. The molecule has 4 nitrogen and oxygen atoms in total. The van der Waals surface area contributed by atoms with Crippen LogP contribution in [0.5, 0.6) is 0 Å². The Morgan fingerprint density at radius 2 is 1.56 bits per heavy atom. The number of nitrogens with zero attached hydrogens (tertiary/aromatic N) is 1. The molecule has 2 amide bonds. The first-order valence-corrected chi connectivity index (χ1v) is 6.34. The molecule has 0 radical (unpaired) electrons. The maximum absolute atomic E-state index is 11.6. The highest BCUT2D eigenvalue weighted by molar-refractivity contribution is 7.86. The second-order valence-corrected chi connectivity index (χ2v) is 5.14. The lowest BCUT2D eigenvalue weighted by atomic mass is 10.2. The van der Waals surface area contributed by atoms with Crippen molar-refractivity contribution in [2.75, 3.05) is 16.4 Å². The van der Waals surface area contributed by atoms with Crippen LogP contribution in [0.4, 0.5) is 5.69 Å². The fourth-order valence-electron chi connectivity index (χ4n) is 1.58. The highest BCUT2D eigenvalue weighted by Crippen LogP contribution is 2.18. The van der Waals surface area contributed by atoms with Gasteiger partial charge in [-0.1, -0.05) is 17.7 Å². The third-order valence-electron chi connectivity index (χ3n) is 2.36. The molecule has 0 spiro atoms. The summed E-state index contributed by atoms with van der Waals surface area (Å²) in [5.41, 5.74) is 1.61. The molecule has 0 unspecified atom stereocenters. The zero-order valence-corrected chi connectivity index (χ0v) is 9.62. The second kappa shape index (κ2) is 4.17. The Morgan fingerprint density at radius 1 is 1.06 bits per heavy atom. The number of amides is 2. The van der Waals surface area contributed by atoms with Crippen LogP contribution in [0.15, 0.2) is 24.3 Å². The molecule has 0 N–H and O–H groups in total. The number of hydrogen-bond donors (Lipinski definition) is 0. The van der Waals surface area contributed by atoms with Gasteiger partial charge in [-0.25, -0.2) is 4.90 Å². The molecule has 0 bridgehead atoms. The highest BCUT2D eigenvalue weighted by Gasteiger charge is 2.31. The van der Waals surface area contributed by atoms with Crippen LogP contribution >= 0.6 is 0 Å². The van der Waals surface area contributed by atoms with Crippen LogP contribution < -0.4 is 4.90 Å². The topological polar surface area (TPSA) is 54.5 Å². The Bertz CT molecular complexity index is 447. The monoisotopic (exact) mass is 237 g/mol. The van der Waals surface area contributed by atoms with Crippen molar-refractivity contribution in [1.82, 2.24) is 0 Å². The van der Waals surface area contributed by atoms with Crippen molar-refractivity contribution in [2.45, 2.75) is 6.92 Å². The summed E-state index contributed by atoms with van der Waals surface area (Å²) < 4.78 is 11.2. The first-order chi connectivity index (χ1) is 7.58. The minimum absolute atomic E-state index is 0.0698. The molecule has 2 rings (SSSR count). The lowest BCUT2D eigenvalue weighted by molar-refractivity contribution is -0.124. The summed E-state index contributed by atoms with van der Waals surface area (Å²) in [6, 6.07) is 7.11. The summed E-state index contributed by atoms with van der Waals surface area (Å²) in [7, 11) is -1.34. The van der Waals surface area contributed by atoms with Gasteiger partial charge in [0.25, 0.3) is 0 Å². The summed E-state index contributed by atoms with van der Waals surface area (Å²) >= 11 is 0. The van der Waals surface area contributed by atoms with Gasteiger partial charge in [0.1, 0.15) is 11.5 Å². The number of aryl methyl sites for hydroxylation is 1. The SMILES string of the molecule is Cc1ccc(N2C(=O)CS(=O)CC2=O)cc1. The van der Waals surface area contributed by atoms with Crippen molar-refractivity contribution in [3.63, 3.8) is 0 Å². The number of imide groups is 1. The van der Waals surface area contributed by atoms with Crippen LogP contribution in [-0.4, -0.2) is 27.5 Å². The van der Waals surface area contributed by atoms with E-state index in [2.05, 4.69) is 0 Å². The van der Waals surface area contributed by atoms with E-state index in [1.54, 1.807) is 12.1 Å². The van der Waals surface area contributed by atoms with E-state index in [9.17, 15) is 13.8 Å². The van der Waals surface area contributed by atoms with Crippen molar-refractivity contribution in [3.05, 3.63) is 29.8 Å². The number of carbonyl (C=O) groups excluding carboxylic acids is 2. The number of anilines is 1. The Hall–Kier alpha value is -1.49. The summed E-state index contributed by atoms with van der Waals surface area (Å²) in [6.45, 7) is 1.93. The molecule has 1 fully saturated rings. The van der Waals surface area contributed by atoms with E-state index in [-0.39, 0.29) is 11.5 Å². The molecule has 1 heterocycles. The Labute approximate surface area is 95.7 Å². The van der Waals surface area contributed by atoms with E-state index in [1.807, 2.05) is 19.1 Å². The van der Waals surface area contributed by atoms with Crippen molar-refractivity contribution in [1.29, 1.82) is 0 Å². The van der Waals surface area contributed by atoms with Gasteiger partial charge >= 0.3 is 0 Å². The van der Waals surface area contributed by atoms with Crippen LogP contribution in [0.1, 0.15) is 5.56 Å². The van der Waals surface area contributed by atoms with E-state index in [0.717, 1.165) is 10.5 Å². The van der Waals surface area contributed by atoms with E-state index in [4.69, 9.17) is 0 Å². The molecule has 1 aliphatic rings. The van der Waals surface area contributed by atoms with Crippen LogP contribution in [0.2, 0.25) is 0 Å². The molecule has 84 valence electrons. The third kappa shape index (κ3) is 2.04. The van der Waals surface area contributed by atoms with Crippen molar-refractivity contribution in [2.24, 2.45) is 0 Å². The summed E-state index contributed by atoms with van der Waals surface area (Å²) in [5, 5.41) is 0. The highest BCUT2D eigenvalue weighted by atomic mass is 32.2. The second-order valence-electron chi connectivity index (χ2n) is 3.69. The zero-order valence-electron chi connectivity index (χ0n) is 8.80. The normalized spacial score (nSPS) is 17.9. The third-order valence-corrected chi connectivity index (χ3v) is 3.50. The average molecular weight is 237 g/mol. The summed E-state index contributed by atoms with van der Waals surface area (Å²) in [4.78, 5) is 24.3. The first kappa shape index (κ1) is 11.0. The van der Waals surface area contributed by atoms with Crippen LogP contribution in [0.3, 0.4) is 0 Å². The van der Waals surface area contributed by atoms with E-state index in [0.29, 0.717) is 5.69 Å². The van der Waals surface area contributed by atoms with Crippen molar-refractivity contribution in [3.8, 4) is 0 Å². The number of hydrogen-bond acceptors (Lipinski definition) is 3. The van der Waals surface area contributed by atoms with Crippen molar-refractivity contribution >= 4 is 28.3 Å². The lowest BCUT2D eigenvalue weighted by Crippen LogP contribution is -2.47. The maximum Gasteiger partial charge on any atom is 0.246 e. The van der Waals surface area contributed by atoms with E-state index >= 15 is 0 Å². The molecule has 0 saturated carbocycles. The van der Waals surface area contributed by atoms with E-state index in [1.165, 1.54) is 0 Å². The van der Waals surface area contributed by atoms with Gasteiger partial charge in [-0.3, -0.25) is 13.8 Å². The lowest BCUT2D eigenvalue weighted by Gasteiger charge is -2.24. The molecular formula is C11H11NO3S. The summed E-state index contributed by atoms with van der Waals surface area (Å²) in [5.74, 6) is -0.920. The standard InChI is InChI=1S/C11H11NO3S/c1-8-2-4-9(5-3-8)12-10(13)6-16(15)7-11(12)14/h2-5H,6-7H2,1H3. The van der Waals surface area contributed by atoms with Crippen LogP contribution in [0.25, 0.3) is 0 Å². The van der Waals surface area contributed by atoms with Gasteiger partial charge in [-0.15, -0.1) is 0 Å². The molecule has 0 atom stereocenters. The quantitative estimate of drug-likeness (QED) is 0.673. The van der Waals surface area contributed by atoms with Gasteiger partial charge in [0.15, 0.2) is 0 Å². The molecule has 1 aromatic rings. The minimum atomic E-state index is -1.34. The van der Waals surface area contributed by atoms with Gasteiger partial charge in [-0.05, 0) is 19.1 Å². The van der Waals surface area contributed by atoms with Crippen molar-refractivity contribution < 1.29 is 13.8 Å². The fraction of sp³-hybridized carbons (Fsp3) is 0.273. The van der Waals surface area contributed by atoms with E-state index < -0.39 is 22.6 Å². The van der Waals surface area contributed by atoms with Gasteiger partial charge in [0.2, 0.25) is 11.8 Å². The van der Waals surface area contributed by atoms with Gasteiger partial charge in [-0.2, -0.15) is 0 Å². The molecule has 1 aromatic carbocycles. The molecule has 5 heteroatoms. The molecule has 16 heavy (non-hydrogen) atoms. The Kier molecular flexibility index (Phi) is 2.87. The largest absolute Gasteiger partial charge is 0.273 e. The fourth-order valence-corrected chi connectivity index (χ4v) is 2.49. The molecule has 1 saturated heterocycles. The zero-order chi connectivity index (χ0) is 11.7. The number of benzene rings is 1. The predicted molar refractivity (Wildman–Crippen MR) is 61.5 cm³/mol. The van der Waals surface area contributed by atoms with Gasteiger partial charge in [0.05, 0.1) is 5.69 Å². The molecular weight excluding hydrogens is 226 g/mol. The average Bonchev–Trinajstić information content (AvgIpc) is 2.19. The number of rotatable bonds is 1. The van der Waals surface area contributed by atoms with Gasteiger partial charge < -0.3 is 0 Å². The first-order valence-electron chi connectivity index (χ1n) is 4.85. The smallest absolute Gasteiger partial charge is 0.246 e. The number of carbonyl (C=O) groups is 2.